The molecule has 2 aromatic rings. The molecule has 8 nitrogen and oxygen atoms in total. The molecule has 0 aliphatic carbocycles. The van der Waals surface area contributed by atoms with Crippen LogP contribution in [0.5, 0.6) is 0 Å². The van der Waals surface area contributed by atoms with Crippen molar-refractivity contribution in [2.24, 2.45) is 0 Å². The summed E-state index contributed by atoms with van der Waals surface area (Å²) in [7, 11) is 0. The second kappa shape index (κ2) is 6.29. The maximum absolute atomic E-state index is 12.1. The Bertz CT molecular complexity index is 899. The lowest BCUT2D eigenvalue weighted by Crippen LogP contribution is -2.32. The minimum atomic E-state index is -1.27. The average molecular weight is 368 g/mol. The standard InChI is InChI=1S/C16H25N4O4P/c1-8-18-14-9(15(23)19-8)7-11(17)20(14)16-13(22)12(21)10(24-16)5-6-25(2,3)4/h7,10,12-13,16,21-22H,2,5-6,17H2,1,3-4H3,(H,18,19,23)/t10-,12-,13-,16-/m1/s1. The fourth-order valence-corrected chi connectivity index (χ4v) is 4.11. The number of rotatable bonds is 4. The third-order valence-electron chi connectivity index (χ3n) is 4.46. The van der Waals surface area contributed by atoms with Crippen molar-refractivity contribution in [2.45, 2.75) is 37.9 Å². The van der Waals surface area contributed by atoms with E-state index < -0.39 is 31.4 Å². The molecule has 1 fully saturated rings. The lowest BCUT2D eigenvalue weighted by Gasteiger charge is -2.19. The van der Waals surface area contributed by atoms with Crippen LogP contribution < -0.4 is 11.3 Å². The van der Waals surface area contributed by atoms with E-state index in [4.69, 9.17) is 10.5 Å². The molecule has 0 bridgehead atoms. The lowest BCUT2D eigenvalue weighted by molar-refractivity contribution is -0.0337. The lowest BCUT2D eigenvalue weighted by atomic mass is 10.1. The number of H-pyrrole nitrogens is 1. The molecule has 9 heteroatoms. The van der Waals surface area contributed by atoms with E-state index in [9.17, 15) is 15.0 Å². The molecule has 0 radical (unpaired) electrons. The Morgan fingerprint density at radius 3 is 2.76 bits per heavy atom. The topological polar surface area (TPSA) is 126 Å². The minimum absolute atomic E-state index is 0.250. The van der Waals surface area contributed by atoms with E-state index in [1.54, 1.807) is 6.92 Å². The van der Waals surface area contributed by atoms with Crippen LogP contribution in [0.25, 0.3) is 11.0 Å². The van der Waals surface area contributed by atoms with Crippen LogP contribution in [0.3, 0.4) is 0 Å². The molecule has 0 spiro atoms. The second-order valence-electron chi connectivity index (χ2n) is 7.32. The largest absolute Gasteiger partial charge is 0.388 e. The van der Waals surface area contributed by atoms with Gasteiger partial charge in [-0.2, -0.15) is 0 Å². The molecule has 1 saturated heterocycles. The third-order valence-corrected chi connectivity index (χ3v) is 5.93. The fourth-order valence-electron chi connectivity index (χ4n) is 3.16. The van der Waals surface area contributed by atoms with Crippen molar-refractivity contribution in [1.29, 1.82) is 0 Å². The predicted octanol–water partition coefficient (Wildman–Crippen LogP) is 0.334. The van der Waals surface area contributed by atoms with Crippen LogP contribution in [-0.4, -0.2) is 68.9 Å². The van der Waals surface area contributed by atoms with Crippen LogP contribution in [0.1, 0.15) is 18.5 Å². The van der Waals surface area contributed by atoms with Gasteiger partial charge in [-0.25, -0.2) is 4.98 Å². The van der Waals surface area contributed by atoms with Gasteiger partial charge in [0.1, 0.15) is 23.9 Å². The Morgan fingerprint density at radius 2 is 2.12 bits per heavy atom. The highest BCUT2D eigenvalue weighted by atomic mass is 31.2. The second-order valence-corrected chi connectivity index (χ2v) is 11.6. The number of hydrogen-bond acceptors (Lipinski definition) is 6. The Kier molecular flexibility index (Phi) is 4.58. The quantitative estimate of drug-likeness (QED) is 0.576. The summed E-state index contributed by atoms with van der Waals surface area (Å²) < 4.78 is 7.40. The van der Waals surface area contributed by atoms with Crippen molar-refractivity contribution in [1.82, 2.24) is 14.5 Å². The highest BCUT2D eigenvalue weighted by Gasteiger charge is 2.44. The highest BCUT2D eigenvalue weighted by molar-refractivity contribution is 7.72. The summed E-state index contributed by atoms with van der Waals surface area (Å²) in [6, 6.07) is 1.50. The number of fused-ring (bicyclic) bond motifs is 1. The number of aliphatic hydroxyl groups is 2. The summed E-state index contributed by atoms with van der Waals surface area (Å²) in [5.74, 6) is 0.686. The number of nitrogens with one attached hydrogen (secondary N) is 1. The van der Waals surface area contributed by atoms with Gasteiger partial charge in [-0.05, 0) is 38.9 Å². The van der Waals surface area contributed by atoms with Crippen molar-refractivity contribution in [3.8, 4) is 0 Å². The highest BCUT2D eigenvalue weighted by Crippen LogP contribution is 2.40. The molecule has 25 heavy (non-hydrogen) atoms. The van der Waals surface area contributed by atoms with E-state index in [1.165, 1.54) is 10.6 Å². The Labute approximate surface area is 145 Å². The fraction of sp³-hybridized carbons (Fsp3) is 0.562. The molecule has 2 aromatic heterocycles. The van der Waals surface area contributed by atoms with Crippen molar-refractivity contribution in [3.63, 3.8) is 0 Å². The predicted molar refractivity (Wildman–Crippen MR) is 101 cm³/mol. The van der Waals surface area contributed by atoms with Gasteiger partial charge in [-0.3, -0.25) is 9.36 Å². The van der Waals surface area contributed by atoms with Crippen LogP contribution >= 0.6 is 6.89 Å². The van der Waals surface area contributed by atoms with E-state index in [2.05, 4.69) is 29.6 Å². The maximum Gasteiger partial charge on any atom is 0.260 e. The zero-order chi connectivity index (χ0) is 18.5. The first-order valence-corrected chi connectivity index (χ1v) is 11.2. The minimum Gasteiger partial charge on any atom is -0.388 e. The summed E-state index contributed by atoms with van der Waals surface area (Å²) >= 11 is 0. The number of aliphatic hydroxyl groups excluding tert-OH is 2. The van der Waals surface area contributed by atoms with E-state index in [0.29, 0.717) is 23.3 Å². The summed E-state index contributed by atoms with van der Waals surface area (Å²) in [5.41, 5.74) is 6.07. The number of nitrogen functional groups attached to an aromatic ring is 1. The van der Waals surface area contributed by atoms with Gasteiger partial charge in [0.2, 0.25) is 0 Å². The van der Waals surface area contributed by atoms with Gasteiger partial charge in [0.05, 0.1) is 11.5 Å². The maximum atomic E-state index is 12.1. The number of aryl methyl sites for hydroxylation is 1. The smallest absolute Gasteiger partial charge is 0.260 e. The molecule has 1 aliphatic rings. The Morgan fingerprint density at radius 1 is 1.44 bits per heavy atom. The molecule has 0 amide bonds. The molecule has 0 saturated carbocycles. The van der Waals surface area contributed by atoms with Gasteiger partial charge in [0.15, 0.2) is 11.9 Å². The van der Waals surface area contributed by atoms with Crippen LogP contribution in [0.4, 0.5) is 5.82 Å². The molecular formula is C16H25N4O4P. The van der Waals surface area contributed by atoms with Gasteiger partial charge in [-0.1, -0.05) is 0 Å². The van der Waals surface area contributed by atoms with Crippen LogP contribution in [0, 0.1) is 6.92 Å². The number of ether oxygens (including phenoxy) is 1. The van der Waals surface area contributed by atoms with E-state index >= 15 is 0 Å². The van der Waals surface area contributed by atoms with Gasteiger partial charge < -0.3 is 25.7 Å². The Balaban J connectivity index is 1.97. The molecule has 0 unspecified atom stereocenters. The molecule has 5 N–H and O–H groups in total. The van der Waals surface area contributed by atoms with E-state index in [0.717, 1.165) is 6.16 Å². The summed E-state index contributed by atoms with van der Waals surface area (Å²) in [4.78, 5) is 19.0. The number of anilines is 1. The first-order chi connectivity index (χ1) is 11.6. The summed E-state index contributed by atoms with van der Waals surface area (Å²) in [6.07, 6.45) is 2.01. The molecule has 4 atom stereocenters. The normalized spacial score (nSPS) is 27.2. The van der Waals surface area contributed by atoms with Crippen LogP contribution in [0.2, 0.25) is 0 Å². The zero-order valence-corrected chi connectivity index (χ0v) is 15.5. The van der Waals surface area contributed by atoms with Gasteiger partial charge >= 0.3 is 0 Å². The van der Waals surface area contributed by atoms with Gasteiger partial charge in [-0.15, -0.1) is 13.2 Å². The monoisotopic (exact) mass is 368 g/mol. The molecule has 138 valence electrons. The molecule has 3 rings (SSSR count). The number of nitrogens with zero attached hydrogens (tertiary/aromatic N) is 2. The van der Waals surface area contributed by atoms with Gasteiger partial charge in [0, 0.05) is 0 Å². The van der Waals surface area contributed by atoms with Crippen LogP contribution in [-0.2, 0) is 4.74 Å². The van der Waals surface area contributed by atoms with E-state index in [1.807, 2.05) is 0 Å². The third kappa shape index (κ3) is 3.40. The molecular weight excluding hydrogens is 343 g/mol. The van der Waals surface area contributed by atoms with Gasteiger partial charge in [0.25, 0.3) is 5.56 Å². The van der Waals surface area contributed by atoms with Crippen molar-refractivity contribution in [2.75, 3.05) is 25.2 Å². The summed E-state index contributed by atoms with van der Waals surface area (Å²) in [6.45, 7) is 4.62. The Hall–Kier alpha value is -1.60. The SMILES string of the molecule is C=P(C)(C)CC[C@H]1O[C@@H](n2c(N)cc3c(=O)[nH]c(C)nc32)[C@H](O)[C@@H]1O. The van der Waals surface area contributed by atoms with E-state index in [-0.39, 0.29) is 11.4 Å². The van der Waals surface area contributed by atoms with Crippen molar-refractivity contribution < 1.29 is 14.9 Å². The van der Waals surface area contributed by atoms with Crippen molar-refractivity contribution >= 4 is 30.0 Å². The zero-order valence-electron chi connectivity index (χ0n) is 14.6. The molecule has 0 aromatic carbocycles. The average Bonchev–Trinajstić information content (AvgIpc) is 2.95. The molecule has 3 heterocycles. The van der Waals surface area contributed by atoms with Crippen LogP contribution in [0.15, 0.2) is 10.9 Å². The summed E-state index contributed by atoms with van der Waals surface area (Å²) in [5, 5.41) is 21.2. The molecule has 1 aliphatic heterocycles. The first kappa shape index (κ1) is 18.2. The first-order valence-electron chi connectivity index (χ1n) is 8.15. The number of aromatic amines is 1. The number of hydrogen-bond donors (Lipinski definition) is 4. The number of aromatic nitrogens is 3. The number of nitrogens with two attached hydrogens (primary N) is 1. The van der Waals surface area contributed by atoms with Crippen molar-refractivity contribution in [3.05, 3.63) is 22.2 Å².